The van der Waals surface area contributed by atoms with Crippen LogP contribution in [0.2, 0.25) is 19.6 Å². The number of aromatic nitrogens is 1. The molecule has 0 atom stereocenters. The van der Waals surface area contributed by atoms with Crippen LogP contribution in [-0.4, -0.2) is 13.4 Å². The average molecular weight is 218 g/mol. The summed E-state index contributed by atoms with van der Waals surface area (Å²) in [4.78, 5) is 0. The smallest absolute Gasteiger partial charge is 0.265 e. The van der Waals surface area contributed by atoms with E-state index in [1.165, 1.54) is 0 Å². The zero-order valence-electron chi connectivity index (χ0n) is 8.28. The van der Waals surface area contributed by atoms with Gasteiger partial charge in [0, 0.05) is 0 Å². The number of nitrogens with zero attached hydrogens (tertiary/aromatic N) is 1. The predicted molar refractivity (Wildman–Crippen MR) is 54.9 cm³/mol. The molecule has 0 fully saturated rings. The summed E-state index contributed by atoms with van der Waals surface area (Å²) < 4.78 is 7.66. The lowest BCUT2D eigenvalue weighted by molar-refractivity contribution is -0.729. The number of hydrogen-bond donors (Lipinski definition) is 1. The van der Waals surface area contributed by atoms with Gasteiger partial charge in [-0.3, -0.25) is 0 Å². The van der Waals surface area contributed by atoms with Gasteiger partial charge in [-0.2, -0.15) is 4.57 Å². The van der Waals surface area contributed by atoms with Crippen LogP contribution in [0.15, 0.2) is 11.6 Å². The molecule has 74 valence electrons. The molecule has 0 spiro atoms. The van der Waals surface area contributed by atoms with Crippen LogP contribution in [0.1, 0.15) is 5.01 Å². The van der Waals surface area contributed by atoms with Crippen molar-refractivity contribution >= 4 is 19.7 Å². The van der Waals surface area contributed by atoms with E-state index in [1.54, 1.807) is 11.3 Å². The van der Waals surface area contributed by atoms with E-state index in [1.807, 2.05) is 16.1 Å². The maximum absolute atomic E-state index is 8.98. The summed E-state index contributed by atoms with van der Waals surface area (Å²) in [6.07, 6.45) is 1.94. The van der Waals surface area contributed by atoms with E-state index in [0.717, 1.165) is 5.01 Å². The highest BCUT2D eigenvalue weighted by molar-refractivity contribution is 7.09. The Bertz CT molecular complexity index is 269. The van der Waals surface area contributed by atoms with E-state index in [2.05, 4.69) is 19.6 Å². The second-order valence-corrected chi connectivity index (χ2v) is 9.30. The zero-order chi connectivity index (χ0) is 9.90. The number of aliphatic hydroxyl groups excluding tert-OH is 1. The topological polar surface area (TPSA) is 33.3 Å². The van der Waals surface area contributed by atoms with Crippen LogP contribution in [0, 0.1) is 0 Å². The Morgan fingerprint density at radius 1 is 1.54 bits per heavy atom. The van der Waals surface area contributed by atoms with Gasteiger partial charge in [-0.25, -0.2) is 0 Å². The quantitative estimate of drug-likeness (QED) is 0.611. The zero-order valence-corrected chi connectivity index (χ0v) is 10.1. The lowest BCUT2D eigenvalue weighted by Gasteiger charge is -2.13. The fourth-order valence-electron chi connectivity index (χ4n) is 0.840. The highest BCUT2D eigenvalue weighted by Gasteiger charge is 2.18. The molecule has 0 bridgehead atoms. The third-order valence-electron chi connectivity index (χ3n) is 1.54. The molecular formula is C8H16NO2SSi+. The monoisotopic (exact) mass is 218 g/mol. The third-order valence-corrected chi connectivity index (χ3v) is 3.43. The maximum atomic E-state index is 8.98. The molecule has 5 heteroatoms. The van der Waals surface area contributed by atoms with Crippen LogP contribution in [0.25, 0.3) is 0 Å². The first kappa shape index (κ1) is 10.8. The average Bonchev–Trinajstić information content (AvgIpc) is 2.46. The van der Waals surface area contributed by atoms with Crippen molar-refractivity contribution in [1.29, 1.82) is 0 Å². The van der Waals surface area contributed by atoms with Gasteiger partial charge in [0.15, 0.2) is 14.5 Å². The molecule has 1 heterocycles. The Balaban J connectivity index is 2.54. The molecule has 0 amide bonds. The lowest BCUT2D eigenvalue weighted by Crippen LogP contribution is -2.41. The van der Waals surface area contributed by atoms with E-state index in [0.29, 0.717) is 6.73 Å². The Morgan fingerprint density at radius 3 is 2.77 bits per heavy atom. The Kier molecular flexibility index (Phi) is 3.61. The van der Waals surface area contributed by atoms with Gasteiger partial charge in [0.05, 0.1) is 5.38 Å². The lowest BCUT2D eigenvalue weighted by atomic mass is 10.7. The van der Waals surface area contributed by atoms with Crippen LogP contribution in [0.5, 0.6) is 0 Å². The molecule has 0 aliphatic carbocycles. The maximum Gasteiger partial charge on any atom is 0.265 e. The second kappa shape index (κ2) is 4.32. The van der Waals surface area contributed by atoms with Crippen molar-refractivity contribution in [2.45, 2.75) is 33.0 Å². The molecule has 0 aromatic carbocycles. The standard InChI is InChI=1S/C8H16NO2SSi/c1-13(2,3)11-7-9-4-5-12-8(9)6-10/h4-5,10H,6-7H2,1-3H3/q+1. The summed E-state index contributed by atoms with van der Waals surface area (Å²) in [5, 5.41) is 11.9. The van der Waals surface area contributed by atoms with E-state index in [4.69, 9.17) is 9.53 Å². The van der Waals surface area contributed by atoms with Gasteiger partial charge in [-0.15, -0.1) is 0 Å². The first-order valence-electron chi connectivity index (χ1n) is 4.23. The van der Waals surface area contributed by atoms with Crippen molar-refractivity contribution in [2.24, 2.45) is 0 Å². The number of aliphatic hydroxyl groups is 1. The first-order valence-corrected chi connectivity index (χ1v) is 8.52. The van der Waals surface area contributed by atoms with Crippen LogP contribution in [-0.2, 0) is 17.8 Å². The predicted octanol–water partition coefficient (Wildman–Crippen LogP) is 1.34. The Hall–Kier alpha value is -0.233. The van der Waals surface area contributed by atoms with Gasteiger partial charge in [-0.1, -0.05) is 11.3 Å². The summed E-state index contributed by atoms with van der Waals surface area (Å²) in [6, 6.07) is 0. The van der Waals surface area contributed by atoms with Gasteiger partial charge in [-0.05, 0) is 19.6 Å². The molecule has 1 N–H and O–H groups in total. The van der Waals surface area contributed by atoms with Gasteiger partial charge in [0.2, 0.25) is 6.73 Å². The molecule has 0 aliphatic rings. The molecule has 0 saturated heterocycles. The van der Waals surface area contributed by atoms with Crippen molar-refractivity contribution in [2.75, 3.05) is 0 Å². The minimum atomic E-state index is -1.45. The van der Waals surface area contributed by atoms with Crippen molar-refractivity contribution in [1.82, 2.24) is 0 Å². The summed E-state index contributed by atoms with van der Waals surface area (Å²) in [5.74, 6) is 0. The summed E-state index contributed by atoms with van der Waals surface area (Å²) in [5.41, 5.74) is 0. The van der Waals surface area contributed by atoms with Gasteiger partial charge >= 0.3 is 0 Å². The minimum Gasteiger partial charge on any atom is -0.384 e. The van der Waals surface area contributed by atoms with Crippen molar-refractivity contribution < 1.29 is 14.1 Å². The SMILES string of the molecule is C[Si](C)(C)OC[n+]1ccsc1CO. The van der Waals surface area contributed by atoms with Gasteiger partial charge in [0.1, 0.15) is 6.61 Å². The molecule has 1 aromatic rings. The van der Waals surface area contributed by atoms with E-state index < -0.39 is 8.32 Å². The normalized spacial score (nSPS) is 12.0. The van der Waals surface area contributed by atoms with Crippen molar-refractivity contribution in [3.63, 3.8) is 0 Å². The molecule has 1 rings (SSSR count). The molecule has 3 nitrogen and oxygen atoms in total. The molecule has 13 heavy (non-hydrogen) atoms. The van der Waals surface area contributed by atoms with Crippen LogP contribution in [0.4, 0.5) is 0 Å². The third kappa shape index (κ3) is 3.56. The molecule has 0 radical (unpaired) electrons. The largest absolute Gasteiger partial charge is 0.384 e. The Morgan fingerprint density at radius 2 is 2.23 bits per heavy atom. The fourth-order valence-corrected chi connectivity index (χ4v) is 2.05. The summed E-state index contributed by atoms with van der Waals surface area (Å²) in [6.45, 7) is 7.11. The summed E-state index contributed by atoms with van der Waals surface area (Å²) in [7, 11) is -1.45. The molecule has 1 aromatic heterocycles. The van der Waals surface area contributed by atoms with Gasteiger partial charge in [0.25, 0.3) is 5.01 Å². The Labute approximate surface area is 83.7 Å². The first-order chi connectivity index (χ1) is 6.03. The van der Waals surface area contributed by atoms with Crippen LogP contribution < -0.4 is 4.57 Å². The second-order valence-electron chi connectivity index (χ2n) is 3.81. The highest BCUT2D eigenvalue weighted by atomic mass is 32.1. The molecule has 0 saturated carbocycles. The minimum absolute atomic E-state index is 0.0900. The van der Waals surface area contributed by atoms with E-state index in [9.17, 15) is 0 Å². The molecule has 0 unspecified atom stereocenters. The van der Waals surface area contributed by atoms with Crippen molar-refractivity contribution in [3.05, 3.63) is 16.6 Å². The fraction of sp³-hybridized carbons (Fsp3) is 0.625. The van der Waals surface area contributed by atoms with Crippen LogP contribution >= 0.6 is 11.3 Å². The van der Waals surface area contributed by atoms with Gasteiger partial charge < -0.3 is 9.53 Å². The van der Waals surface area contributed by atoms with Crippen molar-refractivity contribution in [3.8, 4) is 0 Å². The summed E-state index contributed by atoms with van der Waals surface area (Å²) >= 11 is 1.55. The van der Waals surface area contributed by atoms with Crippen LogP contribution in [0.3, 0.4) is 0 Å². The van der Waals surface area contributed by atoms with E-state index in [-0.39, 0.29) is 6.61 Å². The van der Waals surface area contributed by atoms with E-state index >= 15 is 0 Å². The number of hydrogen-bond acceptors (Lipinski definition) is 3. The molecular weight excluding hydrogens is 202 g/mol. The highest BCUT2D eigenvalue weighted by Crippen LogP contribution is 2.05. The molecule has 0 aliphatic heterocycles. The number of thiazole rings is 1. The number of rotatable bonds is 4.